The first kappa shape index (κ1) is 38.8. The molecule has 1 heterocycles. The molecule has 0 spiro atoms. The van der Waals surface area contributed by atoms with E-state index in [2.05, 4.69) is 212 Å². The monoisotopic (exact) mass is 799 g/mol. The van der Waals surface area contributed by atoms with E-state index in [1.807, 2.05) is 48.5 Å². The van der Waals surface area contributed by atoms with Crippen molar-refractivity contribution < 1.29 is 4.42 Å². The zero-order valence-corrected chi connectivity index (χ0v) is 34.9. The third-order valence-corrected chi connectivity index (χ3v) is 16.1. The minimum absolute atomic E-state index is 0.786. The largest absolute Gasteiger partial charge is 0.456 e. The van der Waals surface area contributed by atoms with Gasteiger partial charge in [0, 0.05) is 33.9 Å². The Bertz CT molecular complexity index is 2940. The van der Waals surface area contributed by atoms with Gasteiger partial charge in [-0.1, -0.05) is 213 Å². The molecule has 1 aromatic heterocycles. The molecule has 9 rings (SSSR count). The van der Waals surface area contributed by atoms with Gasteiger partial charge in [-0.2, -0.15) is 0 Å². The van der Waals surface area contributed by atoms with Crippen LogP contribution in [0.1, 0.15) is 5.56 Å². The van der Waals surface area contributed by atoms with Crippen LogP contribution < -0.4 is 25.6 Å². The molecule has 8 aromatic carbocycles. The summed E-state index contributed by atoms with van der Waals surface area (Å²) in [7, 11) is -2.83. The van der Waals surface area contributed by atoms with Crippen molar-refractivity contribution in [1.82, 2.24) is 0 Å². The second kappa shape index (κ2) is 17.6. The van der Waals surface area contributed by atoms with Crippen LogP contribution >= 0.6 is 0 Å². The fraction of sp³-hybridized carbons (Fsp3) is 0. The van der Waals surface area contributed by atoms with Crippen LogP contribution in [0.3, 0.4) is 0 Å². The van der Waals surface area contributed by atoms with Crippen molar-refractivity contribution in [2.75, 3.05) is 4.90 Å². The van der Waals surface area contributed by atoms with Crippen molar-refractivity contribution in [2.45, 2.75) is 0 Å². The van der Waals surface area contributed by atoms with Gasteiger partial charge < -0.3 is 9.32 Å². The lowest BCUT2D eigenvalue weighted by Crippen LogP contribution is -2.74. The first-order valence-corrected chi connectivity index (χ1v) is 22.6. The predicted octanol–water partition coefficient (Wildman–Crippen LogP) is 12.7. The molecule has 0 aliphatic rings. The van der Waals surface area contributed by atoms with Crippen molar-refractivity contribution in [3.63, 3.8) is 0 Å². The van der Waals surface area contributed by atoms with Crippen LogP contribution in [0.4, 0.5) is 11.4 Å². The molecule has 0 N–H and O–H groups in total. The number of hydrogen-bond donors (Lipinski definition) is 0. The molecule has 0 aliphatic carbocycles. The van der Waals surface area contributed by atoms with Crippen LogP contribution in [0, 0.1) is 0 Å². The summed E-state index contributed by atoms with van der Waals surface area (Å²) in [5, 5.41) is 7.37. The van der Waals surface area contributed by atoms with E-state index in [1.54, 1.807) is 0 Å². The predicted molar refractivity (Wildman–Crippen MR) is 263 cm³/mol. The van der Waals surface area contributed by atoms with Crippen molar-refractivity contribution in [1.29, 1.82) is 0 Å². The van der Waals surface area contributed by atoms with Gasteiger partial charge in [-0.3, -0.25) is 0 Å². The van der Waals surface area contributed by atoms with Crippen molar-refractivity contribution in [2.24, 2.45) is 0 Å². The van der Waals surface area contributed by atoms with E-state index in [9.17, 15) is 0 Å². The van der Waals surface area contributed by atoms with E-state index in [1.165, 1.54) is 20.7 Å². The summed E-state index contributed by atoms with van der Waals surface area (Å²) in [6.45, 7) is 9.20. The van der Waals surface area contributed by atoms with Crippen LogP contribution in [0.2, 0.25) is 0 Å². The second-order valence-electron chi connectivity index (χ2n) is 15.1. The van der Waals surface area contributed by atoms with E-state index in [0.29, 0.717) is 0 Å². The summed E-state index contributed by atoms with van der Waals surface area (Å²) >= 11 is 0. The Balaban J connectivity index is 1.21. The minimum Gasteiger partial charge on any atom is -0.456 e. The van der Waals surface area contributed by atoms with Gasteiger partial charge in [-0.25, -0.2) is 0 Å². The van der Waals surface area contributed by atoms with Gasteiger partial charge in [0.05, 0.1) is 0 Å². The number of rotatable bonds is 11. The topological polar surface area (TPSA) is 16.4 Å². The lowest BCUT2D eigenvalue weighted by atomic mass is 10.0. The molecule has 0 fully saturated rings. The summed E-state index contributed by atoms with van der Waals surface area (Å²) in [4.78, 5) is 2.24. The van der Waals surface area contributed by atoms with Crippen LogP contribution in [-0.4, -0.2) is 8.07 Å². The molecule has 61 heavy (non-hydrogen) atoms. The molecule has 3 heteroatoms. The number of fused-ring (bicyclic) bond motifs is 3. The molecular weight excluding hydrogens is 755 g/mol. The van der Waals surface area contributed by atoms with Gasteiger partial charge in [0.1, 0.15) is 11.2 Å². The standard InChI is InChI=1S/C58H45NOSi/c1-44(46-23-12-6-4-3-5-7-13-24-46)35-36-45(2)59(50-38-40-56-55-39-37-48(47-25-14-8-15-26-47)41-57(55)60-58(56)43-50)49-27-22-34-54(42-49)61(51-28-16-9-17-29-51,52-30-18-10-19-31-52)53-32-20-11-21-33-53/h3-43H,1-2H2/b4-3?,5-3?,6-4?,7-5?,12-6?,13-7?,23-12?,24-13?,36-35-,46-23?,46-24?. The Morgan fingerprint density at radius 2 is 0.852 bits per heavy atom. The highest BCUT2D eigenvalue weighted by Gasteiger charge is 2.41. The van der Waals surface area contributed by atoms with Gasteiger partial charge >= 0.3 is 0 Å². The molecule has 0 unspecified atom stereocenters. The number of anilines is 2. The van der Waals surface area contributed by atoms with Crippen LogP contribution in [0.15, 0.2) is 272 Å². The lowest BCUT2D eigenvalue weighted by molar-refractivity contribution is 0.669. The van der Waals surface area contributed by atoms with Crippen molar-refractivity contribution >= 4 is 67.7 Å². The third kappa shape index (κ3) is 7.91. The third-order valence-electron chi connectivity index (χ3n) is 11.3. The molecule has 0 aliphatic heterocycles. The maximum atomic E-state index is 6.68. The summed E-state index contributed by atoms with van der Waals surface area (Å²) in [5.41, 5.74) is 8.55. The number of nitrogens with zero attached hydrogens (tertiary/aromatic N) is 1. The number of furan rings is 1. The van der Waals surface area contributed by atoms with E-state index >= 15 is 0 Å². The second-order valence-corrected chi connectivity index (χ2v) is 18.9. The van der Waals surface area contributed by atoms with Crippen LogP contribution in [0.25, 0.3) is 38.6 Å². The fourth-order valence-corrected chi connectivity index (χ4v) is 13.2. The molecule has 292 valence electrons. The van der Waals surface area contributed by atoms with Gasteiger partial charge in [-0.05, 0) is 85.5 Å². The van der Waals surface area contributed by atoms with E-state index in [-0.39, 0.29) is 0 Å². The van der Waals surface area contributed by atoms with Crippen LogP contribution in [-0.2, 0) is 0 Å². The van der Waals surface area contributed by atoms with E-state index in [4.69, 9.17) is 11.0 Å². The van der Waals surface area contributed by atoms with Gasteiger partial charge in [-0.15, -0.1) is 0 Å². The maximum Gasteiger partial charge on any atom is 0.179 e. The minimum atomic E-state index is -2.83. The summed E-state index contributed by atoms with van der Waals surface area (Å²) < 4.78 is 6.68. The van der Waals surface area contributed by atoms with Crippen molar-refractivity contribution in [3.8, 4) is 11.1 Å². The van der Waals surface area contributed by atoms with Gasteiger partial charge in [0.25, 0.3) is 0 Å². The normalized spacial score (nSPS) is 11.3. The number of allylic oxidation sites excluding steroid dienone is 3. The number of benzene rings is 7. The summed E-state index contributed by atoms with van der Waals surface area (Å²) in [6.07, 6.45) is 4.11. The molecule has 9 aromatic rings. The molecule has 0 saturated heterocycles. The highest BCUT2D eigenvalue weighted by atomic mass is 28.3. The first-order chi connectivity index (χ1) is 30.1. The average Bonchev–Trinajstić information content (AvgIpc) is 3.69. The van der Waals surface area contributed by atoms with Gasteiger partial charge in [0.15, 0.2) is 8.07 Å². The SMILES string of the molecule is C=C(/C=C\C(=C)N(c1cccc([Si](c2ccccc2)(c2ccccc2)c2ccccc2)c1)c1ccc2c(c1)oc1cc(-c3ccccc3)ccc12)c1ccccccccc1. The van der Waals surface area contributed by atoms with Gasteiger partial charge in [0.2, 0.25) is 0 Å². The fourth-order valence-electron chi connectivity index (χ4n) is 8.41. The Labute approximate surface area is 359 Å². The zero-order chi connectivity index (χ0) is 41.4. The molecule has 0 radical (unpaired) electrons. The van der Waals surface area contributed by atoms with Crippen LogP contribution in [0.5, 0.6) is 0 Å². The van der Waals surface area contributed by atoms with E-state index in [0.717, 1.165) is 61.3 Å². The molecule has 2 nitrogen and oxygen atoms in total. The summed E-state index contributed by atoms with van der Waals surface area (Å²) in [5.74, 6) is 0. The highest BCUT2D eigenvalue weighted by Crippen LogP contribution is 2.37. The smallest absolute Gasteiger partial charge is 0.179 e. The van der Waals surface area contributed by atoms with Crippen molar-refractivity contribution in [3.05, 3.63) is 273 Å². The Hall–Kier alpha value is -7.72. The molecule has 0 atom stereocenters. The van der Waals surface area contributed by atoms with E-state index < -0.39 is 8.07 Å². The Morgan fingerprint density at radius 3 is 1.44 bits per heavy atom. The Kier molecular flexibility index (Phi) is 11.2. The molecule has 0 amide bonds. The number of hydrogen-bond acceptors (Lipinski definition) is 2. The molecule has 0 saturated carbocycles. The molecule has 0 bridgehead atoms. The Morgan fingerprint density at radius 1 is 0.393 bits per heavy atom. The zero-order valence-electron chi connectivity index (χ0n) is 33.9. The first-order valence-electron chi connectivity index (χ1n) is 20.6. The quantitative estimate of drug-likeness (QED) is 0.0736. The highest BCUT2D eigenvalue weighted by molar-refractivity contribution is 7.19. The maximum absolute atomic E-state index is 6.68. The average molecular weight is 800 g/mol. The lowest BCUT2D eigenvalue weighted by Gasteiger charge is -2.35. The molecular formula is C58H45NOSi. The summed E-state index contributed by atoms with van der Waals surface area (Å²) in [6, 6.07) is 83.9.